The summed E-state index contributed by atoms with van der Waals surface area (Å²) in [4.78, 5) is 29.8. The molecule has 8 heteroatoms. The molecule has 182 valence electrons. The summed E-state index contributed by atoms with van der Waals surface area (Å²) in [5.41, 5.74) is 1.83. The predicted molar refractivity (Wildman–Crippen MR) is 141 cm³/mol. The van der Waals surface area contributed by atoms with Crippen molar-refractivity contribution < 1.29 is 19.0 Å². The molecule has 5 aromatic rings. The maximum atomic E-state index is 13.0. The lowest BCUT2D eigenvalue weighted by atomic mass is 10.1. The van der Waals surface area contributed by atoms with Gasteiger partial charge in [-0.25, -0.2) is 0 Å². The molecule has 0 fully saturated rings. The highest BCUT2D eigenvalue weighted by molar-refractivity contribution is 5.95. The second kappa shape index (κ2) is 8.49. The largest absolute Gasteiger partial charge is 0.502 e. The van der Waals surface area contributed by atoms with Gasteiger partial charge in [-0.15, -0.1) is 0 Å². The van der Waals surface area contributed by atoms with Gasteiger partial charge < -0.3 is 28.8 Å². The van der Waals surface area contributed by atoms with Gasteiger partial charge >= 0.3 is 0 Å². The van der Waals surface area contributed by atoms with Gasteiger partial charge in [0, 0.05) is 56.8 Å². The molecule has 0 unspecified atom stereocenters. The lowest BCUT2D eigenvalue weighted by Crippen LogP contribution is -2.08. The van der Waals surface area contributed by atoms with Crippen molar-refractivity contribution in [3.8, 4) is 34.1 Å². The molecule has 0 aliphatic carbocycles. The molecule has 2 heterocycles. The van der Waals surface area contributed by atoms with E-state index >= 15 is 0 Å². The van der Waals surface area contributed by atoms with Gasteiger partial charge in [0.15, 0.2) is 11.5 Å². The van der Waals surface area contributed by atoms with Crippen LogP contribution in [0, 0.1) is 0 Å². The van der Waals surface area contributed by atoms with Crippen molar-refractivity contribution in [2.45, 2.75) is 0 Å². The maximum absolute atomic E-state index is 13.0. The van der Waals surface area contributed by atoms with Crippen LogP contribution in [0.3, 0.4) is 0 Å². The first-order valence-corrected chi connectivity index (χ1v) is 11.2. The van der Waals surface area contributed by atoms with Crippen molar-refractivity contribution in [2.75, 3.05) is 38.0 Å². The van der Waals surface area contributed by atoms with Crippen LogP contribution in [0.4, 0.5) is 11.4 Å². The van der Waals surface area contributed by atoms with Gasteiger partial charge in [-0.05, 0) is 54.6 Å². The van der Waals surface area contributed by atoms with Crippen molar-refractivity contribution in [2.24, 2.45) is 0 Å². The highest BCUT2D eigenvalue weighted by atomic mass is 16.4. The van der Waals surface area contributed by atoms with Crippen molar-refractivity contribution in [1.82, 2.24) is 0 Å². The molecule has 0 spiro atoms. The van der Waals surface area contributed by atoms with E-state index in [1.165, 1.54) is 12.1 Å². The Kier molecular flexibility index (Phi) is 5.44. The molecule has 5 rings (SSSR count). The minimum atomic E-state index is -0.688. The minimum Gasteiger partial charge on any atom is -0.502 e. The van der Waals surface area contributed by atoms with Crippen LogP contribution in [0.2, 0.25) is 0 Å². The second-order valence-corrected chi connectivity index (χ2v) is 8.94. The van der Waals surface area contributed by atoms with Gasteiger partial charge in [0.05, 0.1) is 10.8 Å². The second-order valence-electron chi connectivity index (χ2n) is 8.94. The summed E-state index contributed by atoms with van der Waals surface area (Å²) in [5.74, 6) is -1.10. The Labute approximate surface area is 205 Å². The summed E-state index contributed by atoms with van der Waals surface area (Å²) in [7, 11) is 7.63. The number of fused-ring (bicyclic) bond motifs is 2. The summed E-state index contributed by atoms with van der Waals surface area (Å²) < 4.78 is 11.9. The molecule has 0 amide bonds. The Balaban J connectivity index is 1.71. The molecule has 3 aromatic carbocycles. The summed E-state index contributed by atoms with van der Waals surface area (Å²) >= 11 is 0. The molecule has 36 heavy (non-hydrogen) atoms. The van der Waals surface area contributed by atoms with E-state index in [0.717, 1.165) is 11.4 Å². The Morgan fingerprint density at radius 3 is 1.28 bits per heavy atom. The number of hydrogen-bond donors (Lipinski definition) is 2. The normalized spacial score (nSPS) is 11.2. The average Bonchev–Trinajstić information content (AvgIpc) is 2.87. The molecule has 8 nitrogen and oxygen atoms in total. The van der Waals surface area contributed by atoms with Crippen LogP contribution in [0.15, 0.2) is 79.1 Å². The number of anilines is 2. The number of benzene rings is 3. The Morgan fingerprint density at radius 1 is 0.583 bits per heavy atom. The van der Waals surface area contributed by atoms with E-state index in [-0.39, 0.29) is 33.5 Å². The SMILES string of the molecule is CN(C)c1ccc(-c2oc3cc4oc(-c5ccc(N(C)C)cc5)c(O)c(=O)c4cc3c(=O)c2O)cc1. The molecule has 0 atom stereocenters. The van der Waals surface area contributed by atoms with E-state index in [9.17, 15) is 19.8 Å². The first-order chi connectivity index (χ1) is 17.2. The van der Waals surface area contributed by atoms with Crippen LogP contribution in [0.25, 0.3) is 44.6 Å². The van der Waals surface area contributed by atoms with Crippen molar-refractivity contribution in [3.05, 3.63) is 81.1 Å². The van der Waals surface area contributed by atoms with Gasteiger partial charge in [0.2, 0.25) is 22.4 Å². The summed E-state index contributed by atoms with van der Waals surface area (Å²) in [6.07, 6.45) is 0. The molecular weight excluding hydrogens is 460 g/mol. The van der Waals surface area contributed by atoms with Gasteiger partial charge in [-0.2, -0.15) is 0 Å². The lowest BCUT2D eigenvalue weighted by Gasteiger charge is -2.13. The zero-order valence-corrected chi connectivity index (χ0v) is 20.2. The predicted octanol–water partition coefficient (Wildman–Crippen LogP) is 4.78. The first kappa shape index (κ1) is 23.0. The average molecular weight is 485 g/mol. The number of hydrogen-bond acceptors (Lipinski definition) is 8. The smallest absolute Gasteiger partial charge is 0.235 e. The van der Waals surface area contributed by atoms with E-state index in [1.54, 1.807) is 24.3 Å². The fourth-order valence-electron chi connectivity index (χ4n) is 4.08. The fraction of sp³-hybridized carbons (Fsp3) is 0.143. The third-order valence-electron chi connectivity index (χ3n) is 6.15. The summed E-state index contributed by atoms with van der Waals surface area (Å²) in [6, 6.07) is 17.1. The van der Waals surface area contributed by atoms with Crippen LogP contribution in [-0.2, 0) is 0 Å². The van der Waals surface area contributed by atoms with E-state index in [4.69, 9.17) is 8.83 Å². The quantitative estimate of drug-likeness (QED) is 0.351. The molecule has 0 aliphatic heterocycles. The Morgan fingerprint density at radius 2 is 0.944 bits per heavy atom. The molecule has 0 aliphatic rings. The zero-order chi connectivity index (χ0) is 25.7. The Bertz CT molecular complexity index is 1600. The molecule has 2 N–H and O–H groups in total. The zero-order valence-electron chi connectivity index (χ0n) is 20.2. The van der Waals surface area contributed by atoms with E-state index < -0.39 is 22.4 Å². The minimum absolute atomic E-state index is 0.00319. The Hall–Kier alpha value is -4.72. The van der Waals surface area contributed by atoms with Gasteiger partial charge in [-0.3, -0.25) is 9.59 Å². The number of nitrogens with zero attached hydrogens (tertiary/aromatic N) is 2. The lowest BCUT2D eigenvalue weighted by molar-refractivity contribution is 0.447. The van der Waals surface area contributed by atoms with E-state index in [1.807, 2.05) is 62.3 Å². The number of aromatic hydroxyl groups is 2. The molecule has 0 bridgehead atoms. The maximum Gasteiger partial charge on any atom is 0.235 e. The van der Waals surface area contributed by atoms with E-state index in [2.05, 4.69) is 0 Å². The monoisotopic (exact) mass is 484 g/mol. The third kappa shape index (κ3) is 3.73. The molecule has 0 saturated carbocycles. The van der Waals surface area contributed by atoms with Gasteiger partial charge in [0.1, 0.15) is 11.2 Å². The van der Waals surface area contributed by atoms with Crippen LogP contribution in [-0.4, -0.2) is 38.4 Å². The van der Waals surface area contributed by atoms with E-state index in [0.29, 0.717) is 11.1 Å². The third-order valence-corrected chi connectivity index (χ3v) is 6.15. The van der Waals surface area contributed by atoms with Gasteiger partial charge in [-0.1, -0.05) is 0 Å². The van der Waals surface area contributed by atoms with Gasteiger partial charge in [0.25, 0.3) is 0 Å². The molecular formula is C28H24N2O6. The molecule has 2 aromatic heterocycles. The molecule has 0 radical (unpaired) electrons. The number of rotatable bonds is 4. The molecule has 0 saturated heterocycles. The van der Waals surface area contributed by atoms with Crippen LogP contribution in [0.5, 0.6) is 11.5 Å². The summed E-state index contributed by atoms with van der Waals surface area (Å²) in [5, 5.41) is 21.2. The van der Waals surface area contributed by atoms with Crippen molar-refractivity contribution in [3.63, 3.8) is 0 Å². The van der Waals surface area contributed by atoms with Crippen LogP contribution < -0.4 is 20.7 Å². The topological polar surface area (TPSA) is 107 Å². The summed E-state index contributed by atoms with van der Waals surface area (Å²) in [6.45, 7) is 0. The van der Waals surface area contributed by atoms with Crippen molar-refractivity contribution in [1.29, 1.82) is 0 Å². The first-order valence-electron chi connectivity index (χ1n) is 11.2. The van der Waals surface area contributed by atoms with Crippen molar-refractivity contribution >= 4 is 33.3 Å². The standard InChI is InChI=1S/C28H24N2O6/c1-29(2)17-9-5-15(6-10-17)27-25(33)23(31)19-13-20-22(14-21(19)35-27)36-28(26(34)24(20)32)16-7-11-18(12-8-16)30(3)4/h5-14,33-34H,1-4H3. The highest BCUT2D eigenvalue weighted by Crippen LogP contribution is 2.35. The van der Waals surface area contributed by atoms with Crippen LogP contribution in [0.1, 0.15) is 0 Å². The fourth-order valence-corrected chi connectivity index (χ4v) is 4.08. The highest BCUT2D eigenvalue weighted by Gasteiger charge is 2.20. The van der Waals surface area contributed by atoms with Crippen LogP contribution >= 0.6 is 0 Å².